The number of carboxylic acids is 1. The van der Waals surface area contributed by atoms with Crippen molar-refractivity contribution in [3.05, 3.63) is 0 Å². The number of carbonyl (C=O) groups excluding carboxylic acids is 1. The molecule has 0 aromatic carbocycles. The molecular formula is C10H20N2O5S. The third kappa shape index (κ3) is 8.02. The molecule has 4 N–H and O–H groups in total. The average molecular weight is 280 g/mol. The molecule has 0 aliphatic heterocycles. The standard InChI is InChI=1S/C10H20N2O5S/c1-10(2,3)4-5-18(16,17)12-7(9(14)15)6-8(11)13/h7,12H,4-6H2,1-3H3,(H2,11,13)(H,14,15). The number of carbonyl (C=O) groups is 2. The third-order valence-corrected chi connectivity index (χ3v) is 3.53. The lowest BCUT2D eigenvalue weighted by atomic mass is 9.94. The van der Waals surface area contributed by atoms with E-state index in [1.807, 2.05) is 25.5 Å². The molecule has 1 atom stereocenters. The summed E-state index contributed by atoms with van der Waals surface area (Å²) < 4.78 is 25.3. The van der Waals surface area contributed by atoms with Crippen LogP contribution in [0.4, 0.5) is 0 Å². The number of nitrogens with one attached hydrogen (secondary N) is 1. The van der Waals surface area contributed by atoms with Crippen molar-refractivity contribution < 1.29 is 23.1 Å². The summed E-state index contributed by atoms with van der Waals surface area (Å²) in [7, 11) is -3.74. The Morgan fingerprint density at radius 3 is 2.17 bits per heavy atom. The van der Waals surface area contributed by atoms with Gasteiger partial charge in [0.25, 0.3) is 0 Å². The Hall–Kier alpha value is -1.15. The van der Waals surface area contributed by atoms with Gasteiger partial charge in [-0.05, 0) is 11.8 Å². The predicted octanol–water partition coefficient (Wildman–Crippen LogP) is -0.329. The molecule has 0 saturated heterocycles. The smallest absolute Gasteiger partial charge is 0.322 e. The molecule has 7 nitrogen and oxygen atoms in total. The van der Waals surface area contributed by atoms with Crippen LogP contribution in [0.2, 0.25) is 0 Å². The second-order valence-electron chi connectivity index (χ2n) is 5.31. The zero-order chi connectivity index (χ0) is 14.6. The Balaban J connectivity index is 4.62. The van der Waals surface area contributed by atoms with Crippen LogP contribution >= 0.6 is 0 Å². The molecule has 0 aliphatic rings. The zero-order valence-corrected chi connectivity index (χ0v) is 11.6. The van der Waals surface area contributed by atoms with Gasteiger partial charge in [0.15, 0.2) is 0 Å². The van der Waals surface area contributed by atoms with E-state index in [0.717, 1.165) is 0 Å². The number of nitrogens with two attached hydrogens (primary N) is 1. The molecular weight excluding hydrogens is 260 g/mol. The third-order valence-electron chi connectivity index (χ3n) is 2.15. The van der Waals surface area contributed by atoms with Crippen molar-refractivity contribution in [1.29, 1.82) is 0 Å². The van der Waals surface area contributed by atoms with Gasteiger partial charge in [-0.2, -0.15) is 0 Å². The molecule has 0 bridgehead atoms. The monoisotopic (exact) mass is 280 g/mol. The van der Waals surface area contributed by atoms with Crippen molar-refractivity contribution in [2.45, 2.75) is 39.7 Å². The minimum Gasteiger partial charge on any atom is -0.480 e. The van der Waals surface area contributed by atoms with Gasteiger partial charge in [0.05, 0.1) is 12.2 Å². The van der Waals surface area contributed by atoms with Crippen LogP contribution in [0, 0.1) is 5.41 Å². The highest BCUT2D eigenvalue weighted by Gasteiger charge is 2.26. The van der Waals surface area contributed by atoms with E-state index < -0.39 is 34.4 Å². The molecule has 0 saturated carbocycles. The molecule has 106 valence electrons. The number of rotatable bonds is 7. The van der Waals surface area contributed by atoms with Gasteiger partial charge in [-0.1, -0.05) is 20.8 Å². The molecule has 0 radical (unpaired) electrons. The summed E-state index contributed by atoms with van der Waals surface area (Å²) in [4.78, 5) is 21.4. The molecule has 1 unspecified atom stereocenters. The summed E-state index contributed by atoms with van der Waals surface area (Å²) in [6.45, 7) is 5.63. The summed E-state index contributed by atoms with van der Waals surface area (Å²) in [5, 5.41) is 8.78. The quantitative estimate of drug-likeness (QED) is 0.588. The summed E-state index contributed by atoms with van der Waals surface area (Å²) in [5.74, 6) is -2.49. The van der Waals surface area contributed by atoms with E-state index in [1.54, 1.807) is 0 Å². The number of carboxylic acid groups (broad SMARTS) is 1. The lowest BCUT2D eigenvalue weighted by Gasteiger charge is -2.19. The first-order valence-corrected chi connectivity index (χ1v) is 7.09. The number of hydrogen-bond donors (Lipinski definition) is 3. The van der Waals surface area contributed by atoms with Crippen LogP contribution in [-0.2, 0) is 19.6 Å². The molecule has 0 aromatic heterocycles. The Morgan fingerprint density at radius 1 is 1.33 bits per heavy atom. The highest BCUT2D eigenvalue weighted by Crippen LogP contribution is 2.19. The fourth-order valence-corrected chi connectivity index (χ4v) is 2.71. The van der Waals surface area contributed by atoms with Gasteiger partial charge >= 0.3 is 5.97 Å². The van der Waals surface area contributed by atoms with E-state index in [9.17, 15) is 18.0 Å². The van der Waals surface area contributed by atoms with Crippen LogP contribution in [0.3, 0.4) is 0 Å². The van der Waals surface area contributed by atoms with Crippen molar-refractivity contribution in [2.75, 3.05) is 5.75 Å². The van der Waals surface area contributed by atoms with E-state index in [-0.39, 0.29) is 11.2 Å². The first-order chi connectivity index (χ1) is 7.93. The van der Waals surface area contributed by atoms with Gasteiger partial charge < -0.3 is 10.8 Å². The topological polar surface area (TPSA) is 127 Å². The molecule has 0 rings (SSSR count). The lowest BCUT2D eigenvalue weighted by molar-refractivity contribution is -0.140. The van der Waals surface area contributed by atoms with E-state index in [1.165, 1.54) is 0 Å². The summed E-state index contributed by atoms with van der Waals surface area (Å²) >= 11 is 0. The SMILES string of the molecule is CC(C)(C)CCS(=O)(=O)NC(CC(N)=O)C(=O)O. The second kappa shape index (κ2) is 6.14. The largest absolute Gasteiger partial charge is 0.480 e. The van der Waals surface area contributed by atoms with Crippen molar-refractivity contribution in [1.82, 2.24) is 4.72 Å². The van der Waals surface area contributed by atoms with Crippen LogP contribution < -0.4 is 10.5 Å². The number of hydrogen-bond acceptors (Lipinski definition) is 4. The second-order valence-corrected chi connectivity index (χ2v) is 7.18. The zero-order valence-electron chi connectivity index (χ0n) is 10.8. The lowest BCUT2D eigenvalue weighted by Crippen LogP contribution is -2.44. The fourth-order valence-electron chi connectivity index (χ4n) is 1.10. The fraction of sp³-hybridized carbons (Fsp3) is 0.800. The van der Waals surface area contributed by atoms with Gasteiger partial charge in [-0.15, -0.1) is 0 Å². The molecule has 0 spiro atoms. The van der Waals surface area contributed by atoms with Gasteiger partial charge in [0.1, 0.15) is 6.04 Å². The van der Waals surface area contributed by atoms with Crippen molar-refractivity contribution in [2.24, 2.45) is 11.1 Å². The molecule has 8 heteroatoms. The summed E-state index contributed by atoms with van der Waals surface area (Å²) in [6, 6.07) is -1.51. The van der Waals surface area contributed by atoms with Crippen molar-refractivity contribution in [3.8, 4) is 0 Å². The maximum Gasteiger partial charge on any atom is 0.322 e. The highest BCUT2D eigenvalue weighted by molar-refractivity contribution is 7.89. The Kier molecular flexibility index (Phi) is 5.75. The first-order valence-electron chi connectivity index (χ1n) is 5.44. The molecule has 0 heterocycles. The number of sulfonamides is 1. The summed E-state index contributed by atoms with van der Waals surface area (Å²) in [5.41, 5.74) is 4.67. The normalized spacial score (nSPS) is 14.2. The maximum atomic E-state index is 11.6. The number of primary amides is 1. The minimum atomic E-state index is -3.74. The van der Waals surface area contributed by atoms with E-state index in [4.69, 9.17) is 10.8 Å². The van der Waals surface area contributed by atoms with Crippen LogP contribution in [0.1, 0.15) is 33.6 Å². The predicted molar refractivity (Wildman–Crippen MR) is 66.2 cm³/mol. The van der Waals surface area contributed by atoms with E-state index >= 15 is 0 Å². The summed E-state index contributed by atoms with van der Waals surface area (Å²) in [6.07, 6.45) is -0.185. The Morgan fingerprint density at radius 2 is 1.83 bits per heavy atom. The van der Waals surface area contributed by atoms with Crippen LogP contribution in [0.15, 0.2) is 0 Å². The van der Waals surface area contributed by atoms with Gasteiger partial charge in [-0.25, -0.2) is 13.1 Å². The van der Waals surface area contributed by atoms with Gasteiger partial charge in [0, 0.05) is 0 Å². The Bertz CT molecular complexity index is 410. The molecule has 0 aliphatic carbocycles. The van der Waals surface area contributed by atoms with E-state index in [0.29, 0.717) is 6.42 Å². The Labute approximate surface area is 107 Å². The van der Waals surface area contributed by atoms with Crippen LogP contribution in [0.25, 0.3) is 0 Å². The number of aliphatic carboxylic acids is 1. The van der Waals surface area contributed by atoms with Crippen molar-refractivity contribution in [3.63, 3.8) is 0 Å². The molecule has 18 heavy (non-hydrogen) atoms. The minimum absolute atomic E-state index is 0.183. The van der Waals surface area contributed by atoms with Gasteiger partial charge in [-0.3, -0.25) is 9.59 Å². The number of amides is 1. The molecule has 0 fully saturated rings. The first kappa shape index (κ1) is 16.9. The van der Waals surface area contributed by atoms with E-state index in [2.05, 4.69) is 0 Å². The van der Waals surface area contributed by atoms with Crippen LogP contribution in [0.5, 0.6) is 0 Å². The van der Waals surface area contributed by atoms with Crippen molar-refractivity contribution >= 4 is 21.9 Å². The average Bonchev–Trinajstić information content (AvgIpc) is 2.11. The van der Waals surface area contributed by atoms with Crippen LogP contribution in [-0.4, -0.2) is 37.2 Å². The van der Waals surface area contributed by atoms with Gasteiger partial charge in [0.2, 0.25) is 15.9 Å². The highest BCUT2D eigenvalue weighted by atomic mass is 32.2. The molecule has 1 amide bonds. The molecule has 0 aromatic rings. The maximum absolute atomic E-state index is 11.6.